The lowest BCUT2D eigenvalue weighted by Gasteiger charge is -2.17. The molecule has 0 N–H and O–H groups in total. The molecule has 1 nitrogen and oxygen atoms in total. The van der Waals surface area contributed by atoms with Crippen LogP contribution in [0.15, 0.2) is 24.8 Å². The van der Waals surface area contributed by atoms with Crippen LogP contribution in [-0.2, 0) is 6.18 Å². The summed E-state index contributed by atoms with van der Waals surface area (Å²) in [6.07, 6.45) is -2.52. The summed E-state index contributed by atoms with van der Waals surface area (Å²) in [5.41, 5.74) is -0.913. The highest BCUT2D eigenvalue weighted by Gasteiger charge is 2.36. The quantitative estimate of drug-likeness (QED) is 0.765. The van der Waals surface area contributed by atoms with Crippen molar-refractivity contribution in [1.82, 2.24) is 0 Å². The van der Waals surface area contributed by atoms with Gasteiger partial charge in [-0.3, -0.25) is 0 Å². The van der Waals surface area contributed by atoms with E-state index in [0.29, 0.717) is 0 Å². The molecule has 0 aliphatic rings. The summed E-state index contributed by atoms with van der Waals surface area (Å²) in [6.45, 7) is 6.59. The first-order valence-corrected chi connectivity index (χ1v) is 4.76. The van der Waals surface area contributed by atoms with E-state index < -0.39 is 11.7 Å². The molecule has 0 spiro atoms. The number of rotatable bonds is 3. The number of benzene rings is 1. The van der Waals surface area contributed by atoms with Crippen molar-refractivity contribution < 1.29 is 17.9 Å². The standard InChI is InChI=1S/C12H12F3O/c1-4-9-6-5-7-10(16-8(2)3)11(9)12(13,14)15/h5-8H,1H2,2-3H3. The second-order valence-corrected chi connectivity index (χ2v) is 3.52. The number of hydrogen-bond donors (Lipinski definition) is 0. The zero-order chi connectivity index (χ0) is 12.3. The first-order chi connectivity index (χ1) is 7.36. The summed E-state index contributed by atoms with van der Waals surface area (Å²) in [6, 6.07) is 4.09. The third-order valence-corrected chi connectivity index (χ3v) is 1.86. The Bertz CT molecular complexity index is 380. The first-order valence-electron chi connectivity index (χ1n) is 4.76. The molecule has 16 heavy (non-hydrogen) atoms. The van der Waals surface area contributed by atoms with Crippen molar-refractivity contribution in [2.45, 2.75) is 26.1 Å². The van der Waals surface area contributed by atoms with Crippen molar-refractivity contribution in [3.8, 4) is 5.75 Å². The van der Waals surface area contributed by atoms with Crippen LogP contribution in [0.1, 0.15) is 25.0 Å². The molecule has 0 aromatic heterocycles. The lowest BCUT2D eigenvalue weighted by Crippen LogP contribution is -2.14. The summed E-state index contributed by atoms with van der Waals surface area (Å²) in [5.74, 6) is -0.184. The second-order valence-electron chi connectivity index (χ2n) is 3.52. The smallest absolute Gasteiger partial charge is 0.420 e. The van der Waals surface area contributed by atoms with Gasteiger partial charge in [0, 0.05) is 0 Å². The van der Waals surface area contributed by atoms with Crippen LogP contribution in [0.2, 0.25) is 0 Å². The summed E-state index contributed by atoms with van der Waals surface area (Å²) < 4.78 is 43.5. The third-order valence-electron chi connectivity index (χ3n) is 1.86. The Morgan fingerprint density at radius 3 is 2.38 bits per heavy atom. The molecule has 0 fully saturated rings. The number of halogens is 3. The fourth-order valence-corrected chi connectivity index (χ4v) is 1.32. The molecular formula is C12H12F3O. The lowest BCUT2D eigenvalue weighted by molar-refractivity contribution is -0.139. The van der Waals surface area contributed by atoms with Crippen molar-refractivity contribution in [2.24, 2.45) is 0 Å². The molecule has 0 bridgehead atoms. The number of ether oxygens (including phenoxy) is 1. The highest BCUT2D eigenvalue weighted by atomic mass is 19.4. The number of hydrogen-bond acceptors (Lipinski definition) is 1. The van der Waals surface area contributed by atoms with E-state index >= 15 is 0 Å². The molecule has 0 atom stereocenters. The zero-order valence-electron chi connectivity index (χ0n) is 9.06. The molecule has 0 aliphatic heterocycles. The average molecular weight is 229 g/mol. The van der Waals surface area contributed by atoms with E-state index in [1.54, 1.807) is 13.8 Å². The van der Waals surface area contributed by atoms with E-state index in [0.717, 1.165) is 0 Å². The van der Waals surface area contributed by atoms with Gasteiger partial charge in [0.05, 0.1) is 6.10 Å². The normalized spacial score (nSPS) is 11.6. The Balaban J connectivity index is 3.32. The van der Waals surface area contributed by atoms with Gasteiger partial charge < -0.3 is 4.74 Å². The van der Waals surface area contributed by atoms with E-state index in [-0.39, 0.29) is 17.4 Å². The Morgan fingerprint density at radius 1 is 1.31 bits per heavy atom. The van der Waals surface area contributed by atoms with Gasteiger partial charge in [-0.25, -0.2) is 0 Å². The molecule has 1 aromatic rings. The molecule has 0 saturated heterocycles. The molecule has 1 radical (unpaired) electrons. The van der Waals surface area contributed by atoms with Crippen molar-refractivity contribution >= 4 is 0 Å². The highest BCUT2D eigenvalue weighted by Crippen LogP contribution is 2.39. The molecule has 0 saturated carbocycles. The maximum absolute atomic E-state index is 12.8. The van der Waals surface area contributed by atoms with Crippen LogP contribution in [0, 0.1) is 6.08 Å². The van der Waals surface area contributed by atoms with Gasteiger partial charge >= 0.3 is 6.18 Å². The Hall–Kier alpha value is -1.45. The van der Waals surface area contributed by atoms with Crippen LogP contribution >= 0.6 is 0 Å². The largest absolute Gasteiger partial charge is 0.490 e. The molecule has 87 valence electrons. The molecular weight excluding hydrogens is 217 g/mol. The van der Waals surface area contributed by atoms with Crippen molar-refractivity contribution in [3.05, 3.63) is 42.0 Å². The van der Waals surface area contributed by atoms with Crippen molar-refractivity contribution in [3.63, 3.8) is 0 Å². The second kappa shape index (κ2) is 4.60. The maximum atomic E-state index is 12.8. The van der Waals surface area contributed by atoms with Gasteiger partial charge in [0.1, 0.15) is 11.3 Å². The van der Waals surface area contributed by atoms with Crippen LogP contribution < -0.4 is 4.74 Å². The highest BCUT2D eigenvalue weighted by molar-refractivity contribution is 5.45. The monoisotopic (exact) mass is 229 g/mol. The van der Waals surface area contributed by atoms with Crippen LogP contribution in [0.5, 0.6) is 5.75 Å². The van der Waals surface area contributed by atoms with Gasteiger partial charge in [-0.05, 0) is 31.6 Å². The van der Waals surface area contributed by atoms with Gasteiger partial charge in [0.15, 0.2) is 0 Å². The van der Waals surface area contributed by atoms with Gasteiger partial charge in [0.2, 0.25) is 0 Å². The molecule has 0 amide bonds. The zero-order valence-corrected chi connectivity index (χ0v) is 9.06. The van der Waals surface area contributed by atoms with Gasteiger partial charge in [-0.1, -0.05) is 18.7 Å². The van der Waals surface area contributed by atoms with Crippen LogP contribution in [0.4, 0.5) is 13.2 Å². The molecule has 4 heteroatoms. The summed E-state index contributed by atoms with van der Waals surface area (Å²) >= 11 is 0. The van der Waals surface area contributed by atoms with E-state index in [1.165, 1.54) is 18.2 Å². The van der Waals surface area contributed by atoms with E-state index in [2.05, 4.69) is 12.7 Å². The minimum absolute atomic E-state index is 0.0920. The summed E-state index contributed by atoms with van der Waals surface area (Å²) in [4.78, 5) is 0. The maximum Gasteiger partial charge on any atom is 0.420 e. The Morgan fingerprint density at radius 2 is 1.94 bits per heavy atom. The van der Waals surface area contributed by atoms with E-state index in [4.69, 9.17) is 4.74 Å². The van der Waals surface area contributed by atoms with Gasteiger partial charge in [0.25, 0.3) is 0 Å². The molecule has 0 heterocycles. The minimum Gasteiger partial charge on any atom is -0.490 e. The molecule has 1 rings (SSSR count). The fourth-order valence-electron chi connectivity index (χ4n) is 1.32. The SMILES string of the molecule is C=[C]c1cccc(OC(C)C)c1C(F)(F)F. The Labute approximate surface area is 92.5 Å². The predicted molar refractivity (Wildman–Crippen MR) is 55.2 cm³/mol. The topological polar surface area (TPSA) is 9.23 Å². The minimum atomic E-state index is -4.47. The average Bonchev–Trinajstić information content (AvgIpc) is 2.14. The van der Waals surface area contributed by atoms with Crippen LogP contribution in [0.3, 0.4) is 0 Å². The molecule has 0 unspecified atom stereocenters. The fraction of sp³-hybridized carbons (Fsp3) is 0.333. The summed E-state index contributed by atoms with van der Waals surface area (Å²) in [5, 5.41) is 0. The van der Waals surface area contributed by atoms with Crippen molar-refractivity contribution in [2.75, 3.05) is 0 Å². The third kappa shape index (κ3) is 2.78. The van der Waals surface area contributed by atoms with E-state index in [9.17, 15) is 13.2 Å². The molecule has 1 aromatic carbocycles. The predicted octanol–water partition coefficient (Wildman–Crippen LogP) is 3.83. The van der Waals surface area contributed by atoms with Crippen molar-refractivity contribution in [1.29, 1.82) is 0 Å². The first kappa shape index (κ1) is 12.6. The van der Waals surface area contributed by atoms with Crippen LogP contribution in [0.25, 0.3) is 0 Å². The molecule has 0 aliphatic carbocycles. The Kier molecular flexibility index (Phi) is 3.62. The lowest BCUT2D eigenvalue weighted by atomic mass is 10.1. The van der Waals surface area contributed by atoms with E-state index in [1.807, 2.05) is 0 Å². The van der Waals surface area contributed by atoms with Gasteiger partial charge in [-0.15, -0.1) is 0 Å². The summed E-state index contributed by atoms with van der Waals surface area (Å²) in [7, 11) is 0. The van der Waals surface area contributed by atoms with Gasteiger partial charge in [-0.2, -0.15) is 13.2 Å². The number of alkyl halides is 3. The van der Waals surface area contributed by atoms with Crippen LogP contribution in [-0.4, -0.2) is 6.10 Å².